The molecular formula is C20H29NO2. The van der Waals surface area contributed by atoms with Crippen LogP contribution in [0, 0.1) is 11.8 Å². The number of aliphatic carboxylic acids is 1. The second kappa shape index (κ2) is 7.96. The van der Waals surface area contributed by atoms with E-state index in [1.807, 2.05) is 0 Å². The number of benzene rings is 1. The molecular weight excluding hydrogens is 286 g/mol. The molecule has 3 heteroatoms. The molecule has 126 valence electrons. The number of hydrogen-bond acceptors (Lipinski definition) is 2. The van der Waals surface area contributed by atoms with Crippen LogP contribution in [0.5, 0.6) is 0 Å². The maximum Gasteiger partial charge on any atom is 0.306 e. The highest BCUT2D eigenvalue weighted by Gasteiger charge is 2.27. The van der Waals surface area contributed by atoms with Crippen LogP contribution in [0.1, 0.15) is 62.8 Å². The van der Waals surface area contributed by atoms with Gasteiger partial charge in [0, 0.05) is 6.04 Å². The normalized spacial score (nSPS) is 31.7. The molecule has 0 amide bonds. The molecule has 0 unspecified atom stereocenters. The SMILES string of the molecule is O=C(O)C1CCC(NCC2CCC(c3ccccc3)CC2)CC1. The number of carboxylic acid groups (broad SMARTS) is 1. The number of nitrogens with one attached hydrogen (secondary N) is 1. The van der Waals surface area contributed by atoms with Crippen LogP contribution in [0.4, 0.5) is 0 Å². The molecule has 3 rings (SSSR count). The first kappa shape index (κ1) is 16.5. The molecule has 23 heavy (non-hydrogen) atoms. The molecule has 2 aliphatic rings. The fourth-order valence-corrected chi connectivity index (χ4v) is 4.30. The average molecular weight is 315 g/mol. The maximum atomic E-state index is 11.0. The van der Waals surface area contributed by atoms with E-state index < -0.39 is 5.97 Å². The van der Waals surface area contributed by atoms with E-state index >= 15 is 0 Å². The van der Waals surface area contributed by atoms with Gasteiger partial charge < -0.3 is 10.4 Å². The largest absolute Gasteiger partial charge is 0.481 e. The van der Waals surface area contributed by atoms with Crippen LogP contribution in [-0.2, 0) is 4.79 Å². The standard InChI is InChI=1S/C20H29NO2/c22-20(23)18-10-12-19(13-11-18)21-14-15-6-8-17(9-7-15)16-4-2-1-3-5-16/h1-5,15,17-19,21H,6-14H2,(H,22,23). The van der Waals surface area contributed by atoms with Crippen molar-refractivity contribution in [1.29, 1.82) is 0 Å². The Balaban J connectivity index is 1.36. The predicted octanol–water partition coefficient (Wildman–Crippen LogP) is 4.19. The maximum absolute atomic E-state index is 11.0. The highest BCUT2D eigenvalue weighted by Crippen LogP contribution is 2.35. The molecule has 2 fully saturated rings. The quantitative estimate of drug-likeness (QED) is 0.856. The number of hydrogen-bond donors (Lipinski definition) is 2. The van der Waals surface area contributed by atoms with Gasteiger partial charge >= 0.3 is 5.97 Å². The highest BCUT2D eigenvalue weighted by molar-refractivity contribution is 5.70. The zero-order valence-corrected chi connectivity index (χ0v) is 13.9. The summed E-state index contributed by atoms with van der Waals surface area (Å²) in [6.07, 6.45) is 8.98. The van der Waals surface area contributed by atoms with Crippen LogP contribution in [0.3, 0.4) is 0 Å². The summed E-state index contributed by atoms with van der Waals surface area (Å²) in [5.74, 6) is 0.836. The molecule has 0 aliphatic heterocycles. The Morgan fingerprint density at radius 2 is 1.61 bits per heavy atom. The third kappa shape index (κ3) is 4.57. The Morgan fingerprint density at radius 3 is 2.22 bits per heavy atom. The van der Waals surface area contributed by atoms with Crippen LogP contribution in [0.25, 0.3) is 0 Å². The topological polar surface area (TPSA) is 49.3 Å². The third-order valence-electron chi connectivity index (χ3n) is 5.89. The fraction of sp³-hybridized carbons (Fsp3) is 0.650. The summed E-state index contributed by atoms with van der Waals surface area (Å²) in [7, 11) is 0. The number of carbonyl (C=O) groups is 1. The van der Waals surface area contributed by atoms with Crippen molar-refractivity contribution in [2.75, 3.05) is 6.54 Å². The van der Waals surface area contributed by atoms with E-state index in [-0.39, 0.29) is 5.92 Å². The first-order valence-electron chi connectivity index (χ1n) is 9.23. The molecule has 1 aromatic carbocycles. The molecule has 0 heterocycles. The van der Waals surface area contributed by atoms with Gasteiger partial charge in [-0.25, -0.2) is 0 Å². The summed E-state index contributed by atoms with van der Waals surface area (Å²) < 4.78 is 0. The molecule has 0 saturated heterocycles. The molecule has 0 spiro atoms. The lowest BCUT2D eigenvalue weighted by molar-refractivity contribution is -0.142. The minimum absolute atomic E-state index is 0.102. The van der Waals surface area contributed by atoms with Gasteiger partial charge in [0.15, 0.2) is 0 Å². The van der Waals surface area contributed by atoms with Crippen molar-refractivity contribution in [1.82, 2.24) is 5.32 Å². The zero-order chi connectivity index (χ0) is 16.1. The summed E-state index contributed by atoms with van der Waals surface area (Å²) in [5.41, 5.74) is 1.51. The second-order valence-electron chi connectivity index (χ2n) is 7.42. The van der Waals surface area contributed by atoms with Gasteiger partial charge in [-0.05, 0) is 75.3 Å². The van der Waals surface area contributed by atoms with E-state index in [1.54, 1.807) is 0 Å². The van der Waals surface area contributed by atoms with Crippen LogP contribution < -0.4 is 5.32 Å². The van der Waals surface area contributed by atoms with Gasteiger partial charge in [0.25, 0.3) is 0 Å². The monoisotopic (exact) mass is 315 g/mol. The van der Waals surface area contributed by atoms with Crippen LogP contribution in [0.15, 0.2) is 30.3 Å². The third-order valence-corrected chi connectivity index (χ3v) is 5.89. The van der Waals surface area contributed by atoms with Crippen molar-refractivity contribution < 1.29 is 9.90 Å². The number of carboxylic acids is 1. The minimum atomic E-state index is -0.609. The van der Waals surface area contributed by atoms with Crippen molar-refractivity contribution in [3.8, 4) is 0 Å². The molecule has 0 aromatic heterocycles. The Morgan fingerprint density at radius 1 is 0.957 bits per heavy atom. The number of rotatable bonds is 5. The Labute approximate surface area is 139 Å². The lowest BCUT2D eigenvalue weighted by Crippen LogP contribution is -2.38. The van der Waals surface area contributed by atoms with E-state index in [4.69, 9.17) is 5.11 Å². The first-order valence-corrected chi connectivity index (χ1v) is 9.23. The molecule has 1 aromatic rings. The fourth-order valence-electron chi connectivity index (χ4n) is 4.30. The summed E-state index contributed by atoms with van der Waals surface area (Å²) >= 11 is 0. The molecule has 3 nitrogen and oxygen atoms in total. The summed E-state index contributed by atoms with van der Waals surface area (Å²) in [4.78, 5) is 11.0. The summed E-state index contributed by atoms with van der Waals surface area (Å²) in [6.45, 7) is 1.11. The Kier molecular flexibility index (Phi) is 5.71. The smallest absolute Gasteiger partial charge is 0.306 e. The molecule has 2 saturated carbocycles. The lowest BCUT2D eigenvalue weighted by atomic mass is 9.78. The zero-order valence-electron chi connectivity index (χ0n) is 13.9. The van der Waals surface area contributed by atoms with Crippen LogP contribution in [0.2, 0.25) is 0 Å². The van der Waals surface area contributed by atoms with E-state index in [0.717, 1.165) is 44.1 Å². The predicted molar refractivity (Wildman–Crippen MR) is 92.5 cm³/mol. The highest BCUT2D eigenvalue weighted by atomic mass is 16.4. The van der Waals surface area contributed by atoms with Crippen LogP contribution in [-0.4, -0.2) is 23.7 Å². The van der Waals surface area contributed by atoms with E-state index in [1.165, 1.54) is 31.2 Å². The van der Waals surface area contributed by atoms with Crippen molar-refractivity contribution in [2.24, 2.45) is 11.8 Å². The van der Waals surface area contributed by atoms with Gasteiger partial charge in [-0.3, -0.25) is 4.79 Å². The van der Waals surface area contributed by atoms with Crippen molar-refractivity contribution in [3.63, 3.8) is 0 Å². The second-order valence-corrected chi connectivity index (χ2v) is 7.42. The summed E-state index contributed by atoms with van der Waals surface area (Å²) in [6, 6.07) is 11.5. The Bertz CT molecular complexity index is 486. The van der Waals surface area contributed by atoms with Gasteiger partial charge in [0.2, 0.25) is 0 Å². The lowest BCUT2D eigenvalue weighted by Gasteiger charge is -2.32. The first-order chi connectivity index (χ1) is 11.2. The minimum Gasteiger partial charge on any atom is -0.481 e. The van der Waals surface area contributed by atoms with Crippen molar-refractivity contribution in [2.45, 2.75) is 63.3 Å². The van der Waals surface area contributed by atoms with Crippen molar-refractivity contribution in [3.05, 3.63) is 35.9 Å². The Hall–Kier alpha value is -1.35. The van der Waals surface area contributed by atoms with Gasteiger partial charge in [-0.1, -0.05) is 30.3 Å². The average Bonchev–Trinajstić information content (AvgIpc) is 2.61. The van der Waals surface area contributed by atoms with E-state index in [2.05, 4.69) is 35.6 Å². The van der Waals surface area contributed by atoms with Crippen LogP contribution >= 0.6 is 0 Å². The van der Waals surface area contributed by atoms with E-state index in [0.29, 0.717) is 6.04 Å². The molecule has 2 N–H and O–H groups in total. The molecule has 2 aliphatic carbocycles. The van der Waals surface area contributed by atoms with Gasteiger partial charge in [-0.15, -0.1) is 0 Å². The van der Waals surface area contributed by atoms with Gasteiger partial charge in [0.1, 0.15) is 0 Å². The van der Waals surface area contributed by atoms with Crippen molar-refractivity contribution >= 4 is 5.97 Å². The summed E-state index contributed by atoms with van der Waals surface area (Å²) in [5, 5.41) is 12.8. The molecule has 0 radical (unpaired) electrons. The molecule has 0 atom stereocenters. The van der Waals surface area contributed by atoms with E-state index in [9.17, 15) is 4.79 Å². The van der Waals surface area contributed by atoms with Gasteiger partial charge in [0.05, 0.1) is 5.92 Å². The molecule has 0 bridgehead atoms. The van der Waals surface area contributed by atoms with Gasteiger partial charge in [-0.2, -0.15) is 0 Å².